The van der Waals surface area contributed by atoms with Gasteiger partial charge < -0.3 is 16.0 Å². The summed E-state index contributed by atoms with van der Waals surface area (Å²) in [5.41, 5.74) is 7.33. The third-order valence-corrected chi connectivity index (χ3v) is 4.62. The Labute approximate surface area is 126 Å². The lowest BCUT2D eigenvalue weighted by molar-refractivity contribution is 0.100. The van der Waals surface area contributed by atoms with Crippen LogP contribution in [0.25, 0.3) is 10.9 Å². The van der Waals surface area contributed by atoms with Crippen molar-refractivity contribution in [3.63, 3.8) is 0 Å². The van der Waals surface area contributed by atoms with Crippen molar-refractivity contribution in [3.05, 3.63) is 33.7 Å². The molecule has 2 heterocycles. The highest BCUT2D eigenvalue weighted by molar-refractivity contribution is 6.37. The molecular formula is C15H17ClFN3O. The highest BCUT2D eigenvalue weighted by Gasteiger charge is 2.26. The molecule has 1 aliphatic rings. The van der Waals surface area contributed by atoms with Crippen molar-refractivity contribution in [1.29, 1.82) is 0 Å². The van der Waals surface area contributed by atoms with Crippen molar-refractivity contribution in [2.24, 2.45) is 5.73 Å². The fourth-order valence-corrected chi connectivity index (χ4v) is 3.39. The number of amides is 1. The number of piperidine rings is 1. The summed E-state index contributed by atoms with van der Waals surface area (Å²) >= 11 is 6.34. The number of carbonyl (C=O) groups is 1. The first-order valence-corrected chi connectivity index (χ1v) is 7.39. The van der Waals surface area contributed by atoms with Crippen LogP contribution < -0.4 is 11.1 Å². The zero-order valence-electron chi connectivity index (χ0n) is 11.7. The Morgan fingerprint density at radius 2 is 2.29 bits per heavy atom. The number of primary amides is 1. The largest absolute Gasteiger partial charge is 0.366 e. The lowest BCUT2D eigenvalue weighted by Crippen LogP contribution is -2.29. The number of fused-ring (bicyclic) bond motifs is 1. The van der Waals surface area contributed by atoms with Crippen molar-refractivity contribution in [1.82, 2.24) is 10.3 Å². The molecule has 4 nitrogen and oxygen atoms in total. The Morgan fingerprint density at radius 1 is 1.52 bits per heavy atom. The second-order valence-corrected chi connectivity index (χ2v) is 5.92. The van der Waals surface area contributed by atoms with Crippen molar-refractivity contribution in [2.75, 3.05) is 13.1 Å². The van der Waals surface area contributed by atoms with Crippen molar-refractivity contribution in [2.45, 2.75) is 25.7 Å². The molecule has 6 heteroatoms. The van der Waals surface area contributed by atoms with Gasteiger partial charge in [0.05, 0.1) is 16.1 Å². The average molecular weight is 310 g/mol. The highest BCUT2D eigenvalue weighted by Crippen LogP contribution is 2.39. The van der Waals surface area contributed by atoms with Gasteiger partial charge in [0.25, 0.3) is 5.91 Å². The maximum Gasteiger partial charge on any atom is 0.250 e. The number of rotatable bonds is 2. The molecule has 1 aromatic heterocycles. The number of benzene rings is 1. The monoisotopic (exact) mass is 309 g/mol. The molecule has 4 N–H and O–H groups in total. The average Bonchev–Trinajstić information content (AvgIpc) is 2.75. The smallest absolute Gasteiger partial charge is 0.250 e. The fraction of sp³-hybridized carbons (Fsp3) is 0.400. The molecule has 1 amide bonds. The molecule has 1 saturated heterocycles. The molecule has 0 spiro atoms. The zero-order chi connectivity index (χ0) is 15.1. The van der Waals surface area contributed by atoms with E-state index in [2.05, 4.69) is 10.3 Å². The summed E-state index contributed by atoms with van der Waals surface area (Å²) in [6.45, 7) is 3.46. The number of aromatic nitrogens is 1. The minimum absolute atomic E-state index is 0.0517. The molecule has 0 bridgehead atoms. The van der Waals surface area contributed by atoms with Gasteiger partial charge in [-0.25, -0.2) is 4.39 Å². The fourth-order valence-electron chi connectivity index (χ4n) is 3.14. The van der Waals surface area contributed by atoms with Crippen LogP contribution in [0.3, 0.4) is 0 Å². The third kappa shape index (κ3) is 2.30. The van der Waals surface area contributed by atoms with Gasteiger partial charge in [0.15, 0.2) is 0 Å². The summed E-state index contributed by atoms with van der Waals surface area (Å²) in [5.74, 6) is -1.02. The lowest BCUT2D eigenvalue weighted by Gasteiger charge is -2.24. The summed E-state index contributed by atoms with van der Waals surface area (Å²) in [6, 6.07) is 1.22. The van der Waals surface area contributed by atoms with Crippen molar-refractivity contribution >= 4 is 28.4 Å². The van der Waals surface area contributed by atoms with Crippen molar-refractivity contribution < 1.29 is 9.18 Å². The van der Waals surface area contributed by atoms with Crippen LogP contribution in [-0.2, 0) is 0 Å². The Balaban J connectivity index is 2.31. The Morgan fingerprint density at radius 3 is 2.90 bits per heavy atom. The molecule has 2 aromatic rings. The van der Waals surface area contributed by atoms with E-state index >= 15 is 0 Å². The van der Waals surface area contributed by atoms with Crippen LogP contribution in [0, 0.1) is 12.7 Å². The third-order valence-electron chi connectivity index (χ3n) is 4.15. The Hall–Kier alpha value is -1.59. The van der Waals surface area contributed by atoms with Crippen molar-refractivity contribution in [3.8, 4) is 0 Å². The minimum atomic E-state index is -0.662. The number of nitrogens with one attached hydrogen (secondary N) is 2. The predicted molar refractivity (Wildman–Crippen MR) is 81.4 cm³/mol. The molecule has 0 saturated carbocycles. The van der Waals surface area contributed by atoms with Gasteiger partial charge in [0, 0.05) is 29.1 Å². The molecule has 1 unspecified atom stereocenters. The maximum absolute atomic E-state index is 14.6. The molecule has 1 aromatic carbocycles. The van der Waals surface area contributed by atoms with Crippen LogP contribution in [0.1, 0.15) is 40.4 Å². The highest BCUT2D eigenvalue weighted by atomic mass is 35.5. The molecular weight excluding hydrogens is 293 g/mol. The predicted octanol–water partition coefficient (Wildman–Crippen LogP) is 2.83. The zero-order valence-corrected chi connectivity index (χ0v) is 12.5. The standard InChI is InChI=1S/C15H17ClFN3O/c1-7-13(16)12-11(8-3-2-4-19-6-8)10(17)5-9(15(18)21)14(12)20-7/h5,8,19-20H,2-4,6H2,1H3,(H2,18,21). The van der Waals surface area contributed by atoms with Crippen LogP contribution in [0.15, 0.2) is 6.07 Å². The molecule has 1 fully saturated rings. The molecule has 21 heavy (non-hydrogen) atoms. The summed E-state index contributed by atoms with van der Waals surface area (Å²) < 4.78 is 14.6. The molecule has 1 atom stereocenters. The lowest BCUT2D eigenvalue weighted by atomic mass is 9.88. The van der Waals surface area contributed by atoms with E-state index in [0.29, 0.717) is 33.7 Å². The van der Waals surface area contributed by atoms with Crippen LogP contribution in [0.2, 0.25) is 5.02 Å². The number of halogens is 2. The molecule has 112 valence electrons. The number of nitrogens with two attached hydrogens (primary N) is 1. The number of carbonyl (C=O) groups excluding carboxylic acids is 1. The van der Waals surface area contributed by atoms with Gasteiger partial charge in [-0.1, -0.05) is 11.6 Å². The van der Waals surface area contributed by atoms with E-state index in [1.165, 1.54) is 6.07 Å². The number of hydrogen-bond acceptors (Lipinski definition) is 2. The SMILES string of the molecule is Cc1[nH]c2c(C(N)=O)cc(F)c(C3CCCNC3)c2c1Cl. The summed E-state index contributed by atoms with van der Waals surface area (Å²) in [7, 11) is 0. The van der Waals surface area contributed by atoms with E-state index in [-0.39, 0.29) is 11.5 Å². The minimum Gasteiger partial charge on any atom is -0.366 e. The van der Waals surface area contributed by atoms with E-state index in [1.807, 2.05) is 0 Å². The van der Waals surface area contributed by atoms with Gasteiger partial charge >= 0.3 is 0 Å². The van der Waals surface area contributed by atoms with Gasteiger partial charge in [-0.3, -0.25) is 4.79 Å². The maximum atomic E-state index is 14.6. The number of hydrogen-bond donors (Lipinski definition) is 3. The molecule has 0 radical (unpaired) electrons. The van der Waals surface area contributed by atoms with Gasteiger partial charge in [0.1, 0.15) is 5.82 Å². The van der Waals surface area contributed by atoms with Crippen LogP contribution in [0.4, 0.5) is 4.39 Å². The first-order chi connectivity index (χ1) is 10.0. The second-order valence-electron chi connectivity index (χ2n) is 5.54. The quantitative estimate of drug-likeness (QED) is 0.798. The topological polar surface area (TPSA) is 70.9 Å². The van der Waals surface area contributed by atoms with E-state index in [0.717, 1.165) is 19.4 Å². The Bertz CT molecular complexity index is 720. The summed E-state index contributed by atoms with van der Waals surface area (Å²) in [5, 5.41) is 4.34. The summed E-state index contributed by atoms with van der Waals surface area (Å²) in [4.78, 5) is 14.6. The molecule has 1 aliphatic heterocycles. The van der Waals surface area contributed by atoms with Crippen LogP contribution in [-0.4, -0.2) is 24.0 Å². The van der Waals surface area contributed by atoms with Gasteiger partial charge in [-0.2, -0.15) is 0 Å². The summed E-state index contributed by atoms with van der Waals surface area (Å²) in [6.07, 6.45) is 1.89. The van der Waals surface area contributed by atoms with E-state index in [1.54, 1.807) is 6.92 Å². The first kappa shape index (κ1) is 14.4. The Kier molecular flexibility index (Phi) is 3.63. The normalized spacial score (nSPS) is 19.1. The number of aryl methyl sites for hydroxylation is 1. The van der Waals surface area contributed by atoms with Crippen LogP contribution in [0.5, 0.6) is 0 Å². The molecule has 0 aliphatic carbocycles. The van der Waals surface area contributed by atoms with E-state index < -0.39 is 11.7 Å². The van der Waals surface area contributed by atoms with E-state index in [4.69, 9.17) is 17.3 Å². The first-order valence-electron chi connectivity index (χ1n) is 7.01. The second kappa shape index (κ2) is 5.31. The van der Waals surface area contributed by atoms with Crippen LogP contribution >= 0.6 is 11.6 Å². The van der Waals surface area contributed by atoms with E-state index in [9.17, 15) is 9.18 Å². The van der Waals surface area contributed by atoms with Gasteiger partial charge in [-0.05, 0) is 32.4 Å². The number of H-pyrrole nitrogens is 1. The molecule has 3 rings (SSSR count). The number of aromatic amines is 1. The van der Waals surface area contributed by atoms with Gasteiger partial charge in [-0.15, -0.1) is 0 Å². The van der Waals surface area contributed by atoms with Gasteiger partial charge in [0.2, 0.25) is 0 Å².